The number of carbonyl (C=O) groups is 1. The number of rotatable bonds is 3. The van der Waals surface area contributed by atoms with Gasteiger partial charge in [0.05, 0.1) is 17.6 Å². The van der Waals surface area contributed by atoms with Crippen LogP contribution in [0.2, 0.25) is 0 Å². The minimum atomic E-state index is 0.0961. The maximum absolute atomic E-state index is 12.4. The fourth-order valence-electron chi connectivity index (χ4n) is 2.35. The molecule has 2 aromatic heterocycles. The fourth-order valence-corrected chi connectivity index (χ4v) is 2.35. The average molecular weight is 265 g/mol. The minimum absolute atomic E-state index is 0.0961. The van der Waals surface area contributed by atoms with Crippen LogP contribution in [0.25, 0.3) is 10.9 Å². The van der Waals surface area contributed by atoms with Crippen molar-refractivity contribution in [3.63, 3.8) is 0 Å². The molecule has 0 aliphatic heterocycles. The summed E-state index contributed by atoms with van der Waals surface area (Å²) in [6.07, 6.45) is 2.12. The van der Waals surface area contributed by atoms with Gasteiger partial charge in [0, 0.05) is 29.9 Å². The zero-order valence-electron chi connectivity index (χ0n) is 11.5. The van der Waals surface area contributed by atoms with Gasteiger partial charge in [-0.15, -0.1) is 0 Å². The first kappa shape index (κ1) is 12.5. The van der Waals surface area contributed by atoms with Gasteiger partial charge in [-0.3, -0.25) is 14.5 Å². The maximum Gasteiger partial charge on any atom is 0.168 e. The van der Waals surface area contributed by atoms with E-state index in [0.29, 0.717) is 12.0 Å². The van der Waals surface area contributed by atoms with Crippen LogP contribution in [0.5, 0.6) is 0 Å². The van der Waals surface area contributed by atoms with E-state index in [1.807, 2.05) is 50.4 Å². The summed E-state index contributed by atoms with van der Waals surface area (Å²) in [5, 5.41) is 5.25. The van der Waals surface area contributed by atoms with Crippen LogP contribution in [0.3, 0.4) is 0 Å². The Bertz CT molecular complexity index is 789. The lowest BCUT2D eigenvalue weighted by Crippen LogP contribution is -2.07. The molecule has 3 aromatic rings. The normalized spacial score (nSPS) is 10.9. The van der Waals surface area contributed by atoms with Crippen LogP contribution in [0, 0.1) is 6.92 Å². The Morgan fingerprint density at radius 3 is 2.85 bits per heavy atom. The number of fused-ring (bicyclic) bond motifs is 1. The van der Waals surface area contributed by atoms with Crippen molar-refractivity contribution >= 4 is 16.7 Å². The summed E-state index contributed by atoms with van der Waals surface area (Å²) in [5.74, 6) is 0.0961. The lowest BCUT2D eigenvalue weighted by atomic mass is 10.0. The topological polar surface area (TPSA) is 47.8 Å². The summed E-state index contributed by atoms with van der Waals surface area (Å²) in [7, 11) is 1.86. The highest BCUT2D eigenvalue weighted by molar-refractivity contribution is 6.00. The van der Waals surface area contributed by atoms with Gasteiger partial charge in [0.2, 0.25) is 0 Å². The summed E-state index contributed by atoms with van der Waals surface area (Å²) in [6, 6.07) is 11.4. The standard InChI is InChI=1S/C16H15N3O/c1-11-8-14(19(2)18-11)10-16(20)13-5-6-15-12(9-13)4-3-7-17-15/h3-9H,10H2,1-2H3. The number of aryl methyl sites for hydroxylation is 2. The van der Waals surface area contributed by atoms with Crippen molar-refractivity contribution in [2.24, 2.45) is 7.05 Å². The highest BCUT2D eigenvalue weighted by Gasteiger charge is 2.11. The molecule has 0 saturated heterocycles. The Kier molecular flexibility index (Phi) is 3.06. The average Bonchev–Trinajstić information content (AvgIpc) is 2.76. The molecular weight excluding hydrogens is 250 g/mol. The molecule has 100 valence electrons. The number of benzene rings is 1. The Balaban J connectivity index is 1.90. The molecule has 0 unspecified atom stereocenters. The summed E-state index contributed by atoms with van der Waals surface area (Å²) >= 11 is 0. The first-order valence-corrected chi connectivity index (χ1v) is 6.51. The van der Waals surface area contributed by atoms with Gasteiger partial charge in [0.25, 0.3) is 0 Å². The van der Waals surface area contributed by atoms with E-state index >= 15 is 0 Å². The maximum atomic E-state index is 12.4. The summed E-state index contributed by atoms with van der Waals surface area (Å²) in [4.78, 5) is 16.6. The molecule has 0 N–H and O–H groups in total. The predicted octanol–water partition coefficient (Wildman–Crippen LogP) is 2.70. The minimum Gasteiger partial charge on any atom is -0.294 e. The number of hydrogen-bond acceptors (Lipinski definition) is 3. The lowest BCUT2D eigenvalue weighted by molar-refractivity contribution is 0.0991. The van der Waals surface area contributed by atoms with Gasteiger partial charge in [-0.25, -0.2) is 0 Å². The van der Waals surface area contributed by atoms with Gasteiger partial charge in [-0.05, 0) is 37.3 Å². The van der Waals surface area contributed by atoms with Crippen molar-refractivity contribution in [1.29, 1.82) is 0 Å². The Morgan fingerprint density at radius 1 is 1.25 bits per heavy atom. The van der Waals surface area contributed by atoms with Gasteiger partial charge in [-0.1, -0.05) is 6.07 Å². The van der Waals surface area contributed by atoms with Crippen molar-refractivity contribution in [2.45, 2.75) is 13.3 Å². The van der Waals surface area contributed by atoms with E-state index in [2.05, 4.69) is 10.1 Å². The molecule has 0 fully saturated rings. The molecule has 0 atom stereocenters. The number of hydrogen-bond donors (Lipinski definition) is 0. The SMILES string of the molecule is Cc1cc(CC(=O)c2ccc3ncccc3c2)n(C)n1. The second kappa shape index (κ2) is 4.89. The lowest BCUT2D eigenvalue weighted by Gasteiger charge is -2.03. The second-order valence-electron chi connectivity index (χ2n) is 4.91. The number of aromatic nitrogens is 3. The number of pyridine rings is 1. The third-order valence-corrected chi connectivity index (χ3v) is 3.37. The van der Waals surface area contributed by atoms with E-state index in [9.17, 15) is 4.79 Å². The van der Waals surface area contributed by atoms with Crippen LogP contribution in [0.1, 0.15) is 21.7 Å². The predicted molar refractivity (Wildman–Crippen MR) is 77.7 cm³/mol. The van der Waals surface area contributed by atoms with Gasteiger partial charge < -0.3 is 0 Å². The Hall–Kier alpha value is -2.49. The van der Waals surface area contributed by atoms with Crippen LogP contribution in [0.4, 0.5) is 0 Å². The van der Waals surface area contributed by atoms with Crippen LogP contribution < -0.4 is 0 Å². The summed E-state index contributed by atoms with van der Waals surface area (Å²) in [6.45, 7) is 1.93. The molecule has 0 amide bonds. The second-order valence-corrected chi connectivity index (χ2v) is 4.91. The Labute approximate surface area is 117 Å². The van der Waals surface area contributed by atoms with Crippen molar-refractivity contribution in [1.82, 2.24) is 14.8 Å². The van der Waals surface area contributed by atoms with Crippen LogP contribution in [0.15, 0.2) is 42.6 Å². The molecule has 0 radical (unpaired) electrons. The molecule has 1 aromatic carbocycles. The smallest absolute Gasteiger partial charge is 0.168 e. The monoisotopic (exact) mass is 265 g/mol. The molecule has 4 heteroatoms. The van der Waals surface area contributed by atoms with Crippen molar-refractivity contribution in [2.75, 3.05) is 0 Å². The van der Waals surface area contributed by atoms with Crippen molar-refractivity contribution in [3.05, 3.63) is 59.5 Å². The van der Waals surface area contributed by atoms with E-state index < -0.39 is 0 Å². The fraction of sp³-hybridized carbons (Fsp3) is 0.188. The van der Waals surface area contributed by atoms with Gasteiger partial charge in [0.15, 0.2) is 5.78 Å². The van der Waals surface area contributed by atoms with Crippen LogP contribution in [-0.4, -0.2) is 20.5 Å². The first-order chi connectivity index (χ1) is 9.63. The van der Waals surface area contributed by atoms with Gasteiger partial charge in [-0.2, -0.15) is 5.10 Å². The van der Waals surface area contributed by atoms with Crippen LogP contribution >= 0.6 is 0 Å². The summed E-state index contributed by atoms with van der Waals surface area (Å²) < 4.78 is 1.76. The number of ketones is 1. The molecule has 0 aliphatic rings. The van der Waals surface area contributed by atoms with E-state index in [1.54, 1.807) is 10.9 Å². The zero-order valence-corrected chi connectivity index (χ0v) is 11.5. The van der Waals surface area contributed by atoms with Gasteiger partial charge >= 0.3 is 0 Å². The molecule has 0 bridgehead atoms. The third-order valence-electron chi connectivity index (χ3n) is 3.37. The highest BCUT2D eigenvalue weighted by atomic mass is 16.1. The molecular formula is C16H15N3O. The molecule has 0 aliphatic carbocycles. The molecule has 3 rings (SSSR count). The molecule has 2 heterocycles. The van der Waals surface area contributed by atoms with Crippen molar-refractivity contribution < 1.29 is 4.79 Å². The van der Waals surface area contributed by atoms with Crippen molar-refractivity contribution in [3.8, 4) is 0 Å². The first-order valence-electron chi connectivity index (χ1n) is 6.51. The quantitative estimate of drug-likeness (QED) is 0.684. The van der Waals surface area contributed by atoms with E-state index in [-0.39, 0.29) is 5.78 Å². The third kappa shape index (κ3) is 2.32. The number of carbonyl (C=O) groups excluding carboxylic acids is 1. The summed E-state index contributed by atoms with van der Waals surface area (Å²) in [5.41, 5.74) is 3.47. The largest absolute Gasteiger partial charge is 0.294 e. The van der Waals surface area contributed by atoms with Crippen LogP contribution in [-0.2, 0) is 13.5 Å². The molecule has 0 spiro atoms. The zero-order chi connectivity index (χ0) is 14.1. The van der Waals surface area contributed by atoms with Gasteiger partial charge in [0.1, 0.15) is 0 Å². The van der Waals surface area contributed by atoms with E-state index in [1.165, 1.54) is 0 Å². The molecule has 4 nitrogen and oxygen atoms in total. The molecule has 20 heavy (non-hydrogen) atoms. The number of nitrogens with zero attached hydrogens (tertiary/aromatic N) is 3. The van der Waals surface area contributed by atoms with E-state index in [4.69, 9.17) is 0 Å². The number of Topliss-reactive ketones (excluding diaryl/α,β-unsaturated/α-hetero) is 1. The Morgan fingerprint density at radius 2 is 2.10 bits per heavy atom. The molecule has 0 saturated carbocycles. The van der Waals surface area contributed by atoms with E-state index in [0.717, 1.165) is 22.3 Å². The highest BCUT2D eigenvalue weighted by Crippen LogP contribution is 2.15.